The van der Waals surface area contributed by atoms with E-state index < -0.39 is 17.7 Å². The van der Waals surface area contributed by atoms with Crippen LogP contribution in [0.1, 0.15) is 24.0 Å². The zero-order valence-electron chi connectivity index (χ0n) is 18.0. The molecule has 0 aliphatic heterocycles. The second kappa shape index (κ2) is 9.73. The fourth-order valence-corrected chi connectivity index (χ4v) is 3.66. The number of aliphatic hydroxyl groups excluding tert-OH is 1. The summed E-state index contributed by atoms with van der Waals surface area (Å²) in [5.41, 5.74) is 7.15. The molecule has 3 atom stereocenters. The second-order valence-corrected chi connectivity index (χ2v) is 7.49. The van der Waals surface area contributed by atoms with Gasteiger partial charge in [-0.15, -0.1) is 0 Å². The van der Waals surface area contributed by atoms with Gasteiger partial charge in [0.15, 0.2) is 17.2 Å². The highest BCUT2D eigenvalue weighted by Crippen LogP contribution is 2.39. The van der Waals surface area contributed by atoms with Crippen molar-refractivity contribution >= 4 is 0 Å². The minimum atomic E-state index is -1.50. The van der Waals surface area contributed by atoms with Crippen LogP contribution < -0.4 is 19.9 Å². The SMILES string of the molecule is COc1ccc(C(Cc2ccccc2)C(N)(Oc2cccc(O)c2)C(C)O)cc1OC. The molecule has 164 valence electrons. The highest BCUT2D eigenvalue weighted by Gasteiger charge is 2.43. The number of nitrogens with two attached hydrogens (primary N) is 1. The molecule has 6 heteroatoms. The summed E-state index contributed by atoms with van der Waals surface area (Å²) < 4.78 is 17.0. The molecule has 0 bridgehead atoms. The van der Waals surface area contributed by atoms with Crippen molar-refractivity contribution in [3.63, 3.8) is 0 Å². The summed E-state index contributed by atoms with van der Waals surface area (Å²) >= 11 is 0. The maximum atomic E-state index is 10.8. The lowest BCUT2D eigenvalue weighted by Crippen LogP contribution is -2.59. The topological polar surface area (TPSA) is 94.2 Å². The van der Waals surface area contributed by atoms with Crippen LogP contribution in [0.25, 0.3) is 0 Å². The van der Waals surface area contributed by atoms with E-state index in [9.17, 15) is 10.2 Å². The lowest BCUT2D eigenvalue weighted by Gasteiger charge is -2.40. The first kappa shape index (κ1) is 22.5. The molecule has 0 fully saturated rings. The summed E-state index contributed by atoms with van der Waals surface area (Å²) in [5.74, 6) is 1.12. The van der Waals surface area contributed by atoms with Gasteiger partial charge in [0.25, 0.3) is 0 Å². The van der Waals surface area contributed by atoms with E-state index in [1.807, 2.05) is 48.5 Å². The molecule has 0 heterocycles. The molecule has 6 nitrogen and oxygen atoms in total. The molecule has 4 N–H and O–H groups in total. The Morgan fingerprint density at radius 1 is 0.903 bits per heavy atom. The monoisotopic (exact) mass is 423 g/mol. The van der Waals surface area contributed by atoms with Gasteiger partial charge in [-0.05, 0) is 48.7 Å². The second-order valence-electron chi connectivity index (χ2n) is 7.49. The minimum absolute atomic E-state index is 0.0520. The van der Waals surface area contributed by atoms with Crippen LogP contribution >= 0.6 is 0 Å². The first-order valence-corrected chi connectivity index (χ1v) is 10.1. The summed E-state index contributed by atoms with van der Waals surface area (Å²) in [6.45, 7) is 1.60. The first-order chi connectivity index (χ1) is 14.9. The van der Waals surface area contributed by atoms with Crippen LogP contribution in [0.2, 0.25) is 0 Å². The Morgan fingerprint density at radius 3 is 2.23 bits per heavy atom. The molecule has 0 aliphatic carbocycles. The molecule has 0 saturated carbocycles. The number of phenols is 1. The third-order valence-corrected chi connectivity index (χ3v) is 5.40. The van der Waals surface area contributed by atoms with Gasteiger partial charge in [-0.3, -0.25) is 5.73 Å². The van der Waals surface area contributed by atoms with E-state index in [1.165, 1.54) is 6.07 Å². The number of aromatic hydroxyl groups is 1. The molecular formula is C25H29NO5. The Kier molecular flexibility index (Phi) is 7.05. The number of methoxy groups -OCH3 is 2. The molecule has 3 aromatic rings. The van der Waals surface area contributed by atoms with Crippen molar-refractivity contribution < 1.29 is 24.4 Å². The smallest absolute Gasteiger partial charge is 0.191 e. The summed E-state index contributed by atoms with van der Waals surface area (Å²) in [7, 11) is 3.15. The lowest BCUT2D eigenvalue weighted by atomic mass is 9.80. The predicted molar refractivity (Wildman–Crippen MR) is 120 cm³/mol. The number of ether oxygens (including phenoxy) is 3. The van der Waals surface area contributed by atoms with E-state index in [1.54, 1.807) is 39.3 Å². The quantitative estimate of drug-likeness (QED) is 0.453. The van der Waals surface area contributed by atoms with Gasteiger partial charge in [0.05, 0.1) is 14.2 Å². The summed E-state index contributed by atoms with van der Waals surface area (Å²) in [6, 6.07) is 21.8. The maximum absolute atomic E-state index is 10.8. The van der Waals surface area contributed by atoms with Gasteiger partial charge in [-0.2, -0.15) is 0 Å². The number of benzene rings is 3. The molecule has 0 saturated heterocycles. The first-order valence-electron chi connectivity index (χ1n) is 10.1. The third kappa shape index (κ3) is 5.10. The molecule has 0 aromatic heterocycles. The summed E-state index contributed by atoms with van der Waals surface area (Å²) in [5, 5.41) is 20.6. The third-order valence-electron chi connectivity index (χ3n) is 5.40. The minimum Gasteiger partial charge on any atom is -0.508 e. The standard InChI is InChI=1S/C25H29NO5/c1-17(27)25(26,31-21-11-7-10-20(28)16-21)22(14-18-8-5-4-6-9-18)19-12-13-23(29-2)24(15-19)30-3/h4-13,15-17,22,27-28H,14,26H2,1-3H3. The summed E-state index contributed by atoms with van der Waals surface area (Å²) in [6.07, 6.45) is -0.520. The molecule has 3 rings (SSSR count). The zero-order valence-corrected chi connectivity index (χ0v) is 18.0. The van der Waals surface area contributed by atoms with Crippen LogP contribution in [0.3, 0.4) is 0 Å². The van der Waals surface area contributed by atoms with Crippen LogP contribution in [0, 0.1) is 0 Å². The molecule has 0 amide bonds. The molecule has 0 radical (unpaired) electrons. The van der Waals surface area contributed by atoms with E-state index in [4.69, 9.17) is 19.9 Å². The Morgan fingerprint density at radius 2 is 1.61 bits per heavy atom. The number of hydrogen-bond donors (Lipinski definition) is 3. The highest BCUT2D eigenvalue weighted by atomic mass is 16.5. The van der Waals surface area contributed by atoms with Gasteiger partial charge < -0.3 is 24.4 Å². The molecule has 31 heavy (non-hydrogen) atoms. The average Bonchev–Trinajstić information content (AvgIpc) is 2.77. The van der Waals surface area contributed by atoms with Gasteiger partial charge in [-0.1, -0.05) is 42.5 Å². The Balaban J connectivity index is 2.10. The zero-order chi connectivity index (χ0) is 22.4. The number of rotatable bonds is 9. The number of hydrogen-bond acceptors (Lipinski definition) is 6. The molecule has 0 aliphatic rings. The largest absolute Gasteiger partial charge is 0.508 e. The Bertz CT molecular complexity index is 992. The van der Waals surface area contributed by atoms with E-state index in [2.05, 4.69) is 0 Å². The fourth-order valence-electron chi connectivity index (χ4n) is 3.66. The maximum Gasteiger partial charge on any atom is 0.191 e. The molecule has 0 spiro atoms. The number of phenolic OH excluding ortho intramolecular Hbond substituents is 1. The van der Waals surface area contributed by atoms with Gasteiger partial charge in [0.2, 0.25) is 0 Å². The molecule has 3 aromatic carbocycles. The van der Waals surface area contributed by atoms with Crippen molar-refractivity contribution in [1.29, 1.82) is 0 Å². The van der Waals surface area contributed by atoms with Crippen molar-refractivity contribution in [2.75, 3.05) is 14.2 Å². The Hall–Kier alpha value is -3.22. The van der Waals surface area contributed by atoms with Crippen molar-refractivity contribution in [2.24, 2.45) is 5.73 Å². The van der Waals surface area contributed by atoms with Gasteiger partial charge in [0.1, 0.15) is 17.6 Å². The fraction of sp³-hybridized carbons (Fsp3) is 0.280. The lowest BCUT2D eigenvalue weighted by molar-refractivity contribution is -0.0606. The van der Waals surface area contributed by atoms with E-state index in [-0.39, 0.29) is 5.75 Å². The Labute approximate surface area is 182 Å². The van der Waals surface area contributed by atoms with Crippen LogP contribution in [0.15, 0.2) is 72.8 Å². The van der Waals surface area contributed by atoms with Crippen LogP contribution in [0.5, 0.6) is 23.0 Å². The van der Waals surface area contributed by atoms with Crippen LogP contribution in [-0.4, -0.2) is 36.3 Å². The molecular weight excluding hydrogens is 394 g/mol. The molecule has 3 unspecified atom stereocenters. The number of aliphatic hydroxyl groups is 1. The normalized spacial score (nSPS) is 14.9. The van der Waals surface area contributed by atoms with Crippen molar-refractivity contribution in [2.45, 2.75) is 31.1 Å². The van der Waals surface area contributed by atoms with Gasteiger partial charge in [0, 0.05) is 12.0 Å². The van der Waals surface area contributed by atoms with Crippen molar-refractivity contribution in [3.05, 3.63) is 83.9 Å². The van der Waals surface area contributed by atoms with Gasteiger partial charge >= 0.3 is 0 Å². The van der Waals surface area contributed by atoms with E-state index in [0.29, 0.717) is 23.7 Å². The van der Waals surface area contributed by atoms with Gasteiger partial charge in [-0.25, -0.2) is 0 Å². The van der Waals surface area contributed by atoms with Crippen LogP contribution in [0.4, 0.5) is 0 Å². The van der Waals surface area contributed by atoms with E-state index >= 15 is 0 Å². The van der Waals surface area contributed by atoms with E-state index in [0.717, 1.165) is 11.1 Å². The highest BCUT2D eigenvalue weighted by molar-refractivity contribution is 5.45. The van der Waals surface area contributed by atoms with Crippen molar-refractivity contribution in [3.8, 4) is 23.0 Å². The summed E-state index contributed by atoms with van der Waals surface area (Å²) in [4.78, 5) is 0. The van der Waals surface area contributed by atoms with Crippen molar-refractivity contribution in [1.82, 2.24) is 0 Å². The van der Waals surface area contributed by atoms with Crippen LogP contribution in [-0.2, 0) is 6.42 Å². The average molecular weight is 424 g/mol. The predicted octanol–water partition coefficient (Wildman–Crippen LogP) is 3.85.